The summed E-state index contributed by atoms with van der Waals surface area (Å²) in [6.45, 7) is 5.04. The Morgan fingerprint density at radius 2 is 1.90 bits per heavy atom. The summed E-state index contributed by atoms with van der Waals surface area (Å²) in [6.07, 6.45) is 0.170. The van der Waals surface area contributed by atoms with Crippen molar-refractivity contribution in [1.82, 2.24) is 4.90 Å². The lowest BCUT2D eigenvalue weighted by Crippen LogP contribution is -2.48. The zero-order valence-electron chi connectivity index (χ0n) is 12.4. The first-order chi connectivity index (χ1) is 9.71. The topological polar surface area (TPSA) is 57.6 Å². The number of benzene rings is 1. The maximum absolute atomic E-state index is 13.4. The van der Waals surface area contributed by atoms with Gasteiger partial charge in [0.05, 0.1) is 0 Å². The summed E-state index contributed by atoms with van der Waals surface area (Å²) in [5.74, 6) is -1.19. The van der Waals surface area contributed by atoms with Crippen LogP contribution in [0.1, 0.15) is 27.2 Å². The van der Waals surface area contributed by atoms with Crippen molar-refractivity contribution < 1.29 is 19.1 Å². The molecule has 0 aliphatic rings. The normalized spacial score (nSPS) is 11.2. The Morgan fingerprint density at radius 3 is 2.43 bits per heavy atom. The second-order valence-electron chi connectivity index (χ2n) is 5.57. The van der Waals surface area contributed by atoms with Crippen LogP contribution in [0.15, 0.2) is 29.2 Å². The first kappa shape index (κ1) is 17.5. The van der Waals surface area contributed by atoms with Crippen LogP contribution in [0, 0.1) is 5.82 Å². The van der Waals surface area contributed by atoms with Crippen molar-refractivity contribution in [2.75, 3.05) is 12.3 Å². The monoisotopic (exact) mass is 313 g/mol. The summed E-state index contributed by atoms with van der Waals surface area (Å²) in [4.78, 5) is 24.8. The molecule has 0 radical (unpaired) electrons. The molecule has 1 aromatic carbocycles. The SMILES string of the molecule is CC(C)(C)N(CC(=O)O)C(=O)CCSc1ccccc1F. The van der Waals surface area contributed by atoms with E-state index in [0.29, 0.717) is 10.6 Å². The van der Waals surface area contributed by atoms with Crippen LogP contribution in [0.2, 0.25) is 0 Å². The van der Waals surface area contributed by atoms with Crippen molar-refractivity contribution in [2.24, 2.45) is 0 Å². The van der Waals surface area contributed by atoms with Gasteiger partial charge >= 0.3 is 5.97 Å². The third-order valence-electron chi connectivity index (χ3n) is 2.81. The van der Waals surface area contributed by atoms with E-state index < -0.39 is 11.5 Å². The number of carbonyl (C=O) groups excluding carboxylic acids is 1. The van der Waals surface area contributed by atoms with Crippen molar-refractivity contribution in [1.29, 1.82) is 0 Å². The molecule has 6 heteroatoms. The highest BCUT2D eigenvalue weighted by atomic mass is 32.2. The molecule has 0 bridgehead atoms. The van der Waals surface area contributed by atoms with Gasteiger partial charge in [-0.15, -0.1) is 11.8 Å². The molecule has 1 N–H and O–H groups in total. The molecule has 21 heavy (non-hydrogen) atoms. The summed E-state index contributed by atoms with van der Waals surface area (Å²) in [7, 11) is 0. The molecule has 0 fully saturated rings. The highest BCUT2D eigenvalue weighted by molar-refractivity contribution is 7.99. The fourth-order valence-electron chi connectivity index (χ4n) is 1.78. The van der Waals surface area contributed by atoms with E-state index in [1.807, 2.05) is 0 Å². The van der Waals surface area contributed by atoms with E-state index in [4.69, 9.17) is 5.11 Å². The maximum Gasteiger partial charge on any atom is 0.323 e. The molecule has 1 aromatic rings. The van der Waals surface area contributed by atoms with E-state index in [-0.39, 0.29) is 24.7 Å². The second-order valence-corrected chi connectivity index (χ2v) is 6.71. The van der Waals surface area contributed by atoms with E-state index in [1.165, 1.54) is 22.7 Å². The Labute approximate surface area is 128 Å². The van der Waals surface area contributed by atoms with Crippen molar-refractivity contribution in [3.63, 3.8) is 0 Å². The molecule has 0 spiro atoms. The fourth-order valence-corrected chi connectivity index (χ4v) is 2.66. The lowest BCUT2D eigenvalue weighted by atomic mass is 10.1. The van der Waals surface area contributed by atoms with E-state index in [2.05, 4.69) is 0 Å². The van der Waals surface area contributed by atoms with E-state index in [0.717, 1.165) is 0 Å². The Morgan fingerprint density at radius 1 is 1.29 bits per heavy atom. The minimum absolute atomic E-state index is 0.170. The van der Waals surface area contributed by atoms with Crippen molar-refractivity contribution in [2.45, 2.75) is 37.6 Å². The Bertz CT molecular complexity index is 514. The highest BCUT2D eigenvalue weighted by Gasteiger charge is 2.27. The van der Waals surface area contributed by atoms with Crippen LogP contribution in [0.5, 0.6) is 0 Å². The number of carbonyl (C=O) groups is 2. The lowest BCUT2D eigenvalue weighted by molar-refractivity contribution is -0.148. The first-order valence-electron chi connectivity index (χ1n) is 6.61. The molecule has 0 aliphatic carbocycles. The zero-order valence-corrected chi connectivity index (χ0v) is 13.2. The summed E-state index contributed by atoms with van der Waals surface area (Å²) in [5.41, 5.74) is -0.557. The average molecular weight is 313 g/mol. The molecule has 116 valence electrons. The first-order valence-corrected chi connectivity index (χ1v) is 7.60. The summed E-state index contributed by atoms with van der Waals surface area (Å²) < 4.78 is 13.4. The predicted octanol–water partition coefficient (Wildman–Crippen LogP) is 3.02. The smallest absolute Gasteiger partial charge is 0.323 e. The predicted molar refractivity (Wildman–Crippen MR) is 80.8 cm³/mol. The van der Waals surface area contributed by atoms with Crippen LogP contribution in [0.4, 0.5) is 4.39 Å². The van der Waals surface area contributed by atoms with Crippen molar-refractivity contribution in [3.8, 4) is 0 Å². The zero-order chi connectivity index (χ0) is 16.0. The van der Waals surface area contributed by atoms with Gasteiger partial charge in [-0.05, 0) is 32.9 Å². The van der Waals surface area contributed by atoms with Gasteiger partial charge < -0.3 is 10.0 Å². The van der Waals surface area contributed by atoms with Gasteiger partial charge in [-0.2, -0.15) is 0 Å². The molecule has 0 saturated heterocycles. The number of carboxylic acids is 1. The van der Waals surface area contributed by atoms with E-state index >= 15 is 0 Å². The van der Waals surface area contributed by atoms with Gasteiger partial charge in [0.1, 0.15) is 12.4 Å². The molecule has 1 rings (SSSR count). The minimum atomic E-state index is -1.04. The van der Waals surface area contributed by atoms with E-state index in [9.17, 15) is 14.0 Å². The summed E-state index contributed by atoms with van der Waals surface area (Å²) >= 11 is 1.25. The largest absolute Gasteiger partial charge is 0.480 e. The number of carboxylic acid groups (broad SMARTS) is 1. The Hall–Kier alpha value is -1.56. The molecule has 0 heterocycles. The van der Waals surface area contributed by atoms with Gasteiger partial charge in [-0.3, -0.25) is 9.59 Å². The standard InChI is InChI=1S/C15H20FNO3S/c1-15(2,3)17(10-14(19)20)13(18)8-9-21-12-7-5-4-6-11(12)16/h4-7H,8-10H2,1-3H3,(H,19,20). The number of amides is 1. The van der Waals surface area contributed by atoms with Crippen LogP contribution in [0.3, 0.4) is 0 Å². The van der Waals surface area contributed by atoms with Gasteiger partial charge in [0.2, 0.25) is 5.91 Å². The van der Waals surface area contributed by atoms with Crippen LogP contribution in [0.25, 0.3) is 0 Å². The maximum atomic E-state index is 13.4. The molecule has 0 aliphatic heterocycles. The number of nitrogens with zero attached hydrogens (tertiary/aromatic N) is 1. The minimum Gasteiger partial charge on any atom is -0.480 e. The Kier molecular flexibility index (Phi) is 6.20. The number of aliphatic carboxylic acids is 1. The van der Waals surface area contributed by atoms with Crippen molar-refractivity contribution in [3.05, 3.63) is 30.1 Å². The van der Waals surface area contributed by atoms with Crippen LogP contribution >= 0.6 is 11.8 Å². The molecular weight excluding hydrogens is 293 g/mol. The number of hydrogen-bond acceptors (Lipinski definition) is 3. The average Bonchev–Trinajstić information content (AvgIpc) is 2.36. The third-order valence-corrected chi connectivity index (χ3v) is 3.86. The lowest BCUT2D eigenvalue weighted by Gasteiger charge is -2.34. The van der Waals surface area contributed by atoms with Gasteiger partial charge in [0, 0.05) is 22.6 Å². The van der Waals surface area contributed by atoms with Crippen LogP contribution < -0.4 is 0 Å². The molecule has 1 amide bonds. The van der Waals surface area contributed by atoms with Gasteiger partial charge in [0.15, 0.2) is 0 Å². The fraction of sp³-hybridized carbons (Fsp3) is 0.467. The van der Waals surface area contributed by atoms with Gasteiger partial charge in [0.25, 0.3) is 0 Å². The summed E-state index contributed by atoms with van der Waals surface area (Å²) in [6, 6.07) is 6.37. The second kappa shape index (κ2) is 7.45. The van der Waals surface area contributed by atoms with Crippen LogP contribution in [-0.2, 0) is 9.59 Å². The molecular formula is C15H20FNO3S. The number of hydrogen-bond donors (Lipinski definition) is 1. The van der Waals surface area contributed by atoms with Gasteiger partial charge in [-0.25, -0.2) is 4.39 Å². The number of halogens is 1. The Balaban J connectivity index is 2.58. The number of rotatable bonds is 6. The van der Waals surface area contributed by atoms with Crippen molar-refractivity contribution >= 4 is 23.6 Å². The van der Waals surface area contributed by atoms with E-state index in [1.54, 1.807) is 39.0 Å². The highest BCUT2D eigenvalue weighted by Crippen LogP contribution is 2.23. The third kappa shape index (κ3) is 5.75. The molecule has 0 atom stereocenters. The molecule has 0 unspecified atom stereocenters. The van der Waals surface area contributed by atoms with Gasteiger partial charge in [-0.1, -0.05) is 12.1 Å². The summed E-state index contributed by atoms with van der Waals surface area (Å²) in [5, 5.41) is 8.89. The molecule has 0 saturated carbocycles. The molecule has 4 nitrogen and oxygen atoms in total. The quantitative estimate of drug-likeness (QED) is 0.820. The van der Waals surface area contributed by atoms with Crippen LogP contribution in [-0.4, -0.2) is 39.7 Å². The molecule has 0 aromatic heterocycles. The number of thioether (sulfide) groups is 1.